The van der Waals surface area contributed by atoms with Crippen molar-refractivity contribution in [3.63, 3.8) is 0 Å². The highest BCUT2D eigenvalue weighted by molar-refractivity contribution is 6.43. The van der Waals surface area contributed by atoms with Crippen LogP contribution in [-0.4, -0.2) is 12.4 Å². The first-order valence-electron chi connectivity index (χ1n) is 6.16. The maximum absolute atomic E-state index is 12.7. The van der Waals surface area contributed by atoms with Crippen LogP contribution in [0.15, 0.2) is 30.3 Å². The van der Waals surface area contributed by atoms with Gasteiger partial charge in [-0.15, -0.1) is 0 Å². The van der Waals surface area contributed by atoms with Crippen LogP contribution in [0.25, 0.3) is 0 Å². The number of para-hydroxylation sites is 1. The van der Waals surface area contributed by atoms with E-state index in [1.165, 1.54) is 12.1 Å². The van der Waals surface area contributed by atoms with Crippen LogP contribution in [0.5, 0.6) is 5.75 Å². The smallest absolute Gasteiger partial charge is 0.199 e. The molecule has 2 aromatic carbocycles. The molecule has 0 aromatic heterocycles. The SMILES string of the molecule is CCOc1c(N)cccc1C(=O)c1c(Cl)cc(Cl)cc1Cl. The number of nitrogens with two attached hydrogens (primary N) is 1. The van der Waals surface area contributed by atoms with Gasteiger partial charge < -0.3 is 10.5 Å². The fourth-order valence-corrected chi connectivity index (χ4v) is 2.92. The van der Waals surface area contributed by atoms with Crippen LogP contribution in [0.4, 0.5) is 5.69 Å². The van der Waals surface area contributed by atoms with Crippen molar-refractivity contribution >= 4 is 46.3 Å². The molecule has 0 atom stereocenters. The Morgan fingerprint density at radius 1 is 1.19 bits per heavy atom. The van der Waals surface area contributed by atoms with Gasteiger partial charge in [0, 0.05) is 5.02 Å². The predicted molar refractivity (Wildman–Crippen MR) is 86.9 cm³/mol. The Morgan fingerprint density at radius 3 is 2.38 bits per heavy atom. The molecule has 2 rings (SSSR count). The summed E-state index contributed by atoms with van der Waals surface area (Å²) in [6.45, 7) is 2.19. The lowest BCUT2D eigenvalue weighted by Crippen LogP contribution is -2.08. The maximum Gasteiger partial charge on any atom is 0.199 e. The zero-order valence-electron chi connectivity index (χ0n) is 11.1. The van der Waals surface area contributed by atoms with Crippen molar-refractivity contribution in [2.75, 3.05) is 12.3 Å². The molecule has 0 spiro atoms. The monoisotopic (exact) mass is 343 g/mol. The largest absolute Gasteiger partial charge is 0.491 e. The van der Waals surface area contributed by atoms with Crippen molar-refractivity contribution in [3.05, 3.63) is 56.5 Å². The molecule has 0 aliphatic carbocycles. The highest BCUT2D eigenvalue weighted by atomic mass is 35.5. The molecule has 0 radical (unpaired) electrons. The van der Waals surface area contributed by atoms with E-state index in [0.717, 1.165) is 0 Å². The zero-order chi connectivity index (χ0) is 15.6. The van der Waals surface area contributed by atoms with Crippen molar-refractivity contribution in [1.29, 1.82) is 0 Å². The van der Waals surface area contributed by atoms with E-state index in [1.807, 2.05) is 6.92 Å². The van der Waals surface area contributed by atoms with E-state index in [2.05, 4.69) is 0 Å². The summed E-state index contributed by atoms with van der Waals surface area (Å²) in [5, 5.41) is 0.726. The van der Waals surface area contributed by atoms with E-state index in [4.69, 9.17) is 45.3 Å². The van der Waals surface area contributed by atoms with E-state index in [9.17, 15) is 4.79 Å². The molecule has 6 heteroatoms. The molecule has 2 aromatic rings. The first kappa shape index (κ1) is 16.0. The van der Waals surface area contributed by atoms with Gasteiger partial charge in [0.25, 0.3) is 0 Å². The molecular weight excluding hydrogens is 333 g/mol. The summed E-state index contributed by atoms with van der Waals surface area (Å²) < 4.78 is 5.46. The molecule has 0 saturated heterocycles. The summed E-state index contributed by atoms with van der Waals surface area (Å²) >= 11 is 18.0. The van der Waals surface area contributed by atoms with Crippen LogP contribution in [0, 0.1) is 0 Å². The average Bonchev–Trinajstić information content (AvgIpc) is 2.40. The molecule has 0 amide bonds. The van der Waals surface area contributed by atoms with E-state index in [1.54, 1.807) is 18.2 Å². The van der Waals surface area contributed by atoms with Crippen molar-refractivity contribution in [3.8, 4) is 5.75 Å². The predicted octanol–water partition coefficient (Wildman–Crippen LogP) is 4.86. The molecule has 0 fully saturated rings. The standard InChI is InChI=1S/C15H12Cl3NO2/c1-2-21-15-9(4-3-5-12(15)19)14(20)13-10(17)6-8(16)7-11(13)18/h3-7H,2,19H2,1H3. The van der Waals surface area contributed by atoms with Gasteiger partial charge in [-0.1, -0.05) is 40.9 Å². The minimum atomic E-state index is -0.364. The van der Waals surface area contributed by atoms with Gasteiger partial charge in [0.1, 0.15) is 0 Å². The van der Waals surface area contributed by atoms with E-state index in [0.29, 0.717) is 28.6 Å². The summed E-state index contributed by atoms with van der Waals surface area (Å²) in [7, 11) is 0. The molecule has 110 valence electrons. The molecule has 2 N–H and O–H groups in total. The number of nitrogen functional groups attached to an aromatic ring is 1. The van der Waals surface area contributed by atoms with Crippen LogP contribution >= 0.6 is 34.8 Å². The summed E-state index contributed by atoms with van der Waals surface area (Å²) in [6, 6.07) is 7.88. The molecule has 0 bridgehead atoms. The summed E-state index contributed by atoms with van der Waals surface area (Å²) in [5.74, 6) is -0.0375. The van der Waals surface area contributed by atoms with Crippen LogP contribution < -0.4 is 10.5 Å². The third kappa shape index (κ3) is 3.26. The Balaban J connectivity index is 2.58. The number of rotatable bonds is 4. The average molecular weight is 345 g/mol. The highest BCUT2D eigenvalue weighted by Crippen LogP contribution is 2.34. The molecule has 0 aliphatic rings. The van der Waals surface area contributed by atoms with Gasteiger partial charge in [-0.2, -0.15) is 0 Å². The second-order valence-corrected chi connectivity index (χ2v) is 5.48. The number of hydrogen-bond donors (Lipinski definition) is 1. The number of ether oxygens (including phenoxy) is 1. The highest BCUT2D eigenvalue weighted by Gasteiger charge is 2.22. The van der Waals surface area contributed by atoms with Gasteiger partial charge in [-0.3, -0.25) is 4.79 Å². The van der Waals surface area contributed by atoms with Gasteiger partial charge in [-0.05, 0) is 31.2 Å². The third-order valence-corrected chi connectivity index (χ3v) is 3.63. The molecule has 3 nitrogen and oxygen atoms in total. The Bertz CT molecular complexity index is 678. The van der Waals surface area contributed by atoms with Crippen LogP contribution in [0.2, 0.25) is 15.1 Å². The van der Waals surface area contributed by atoms with Crippen molar-refractivity contribution < 1.29 is 9.53 Å². The number of hydrogen-bond acceptors (Lipinski definition) is 3. The van der Waals surface area contributed by atoms with Gasteiger partial charge in [0.2, 0.25) is 0 Å². The fraction of sp³-hybridized carbons (Fsp3) is 0.133. The second kappa shape index (κ2) is 6.56. The van der Waals surface area contributed by atoms with Gasteiger partial charge in [0.15, 0.2) is 11.5 Å². The Kier molecular flexibility index (Phi) is 4.99. The van der Waals surface area contributed by atoms with E-state index >= 15 is 0 Å². The number of carbonyl (C=O) groups excluding carboxylic acids is 1. The number of benzene rings is 2. The van der Waals surface area contributed by atoms with Gasteiger partial charge >= 0.3 is 0 Å². The Hall–Kier alpha value is -1.42. The van der Waals surface area contributed by atoms with Crippen molar-refractivity contribution in [1.82, 2.24) is 0 Å². The summed E-state index contributed by atoms with van der Waals surface area (Å²) in [5.41, 5.74) is 6.72. The lowest BCUT2D eigenvalue weighted by Gasteiger charge is -2.13. The van der Waals surface area contributed by atoms with Gasteiger partial charge in [0.05, 0.1) is 33.5 Å². The minimum absolute atomic E-state index is 0.175. The zero-order valence-corrected chi connectivity index (χ0v) is 13.4. The van der Waals surface area contributed by atoms with Crippen molar-refractivity contribution in [2.45, 2.75) is 6.92 Å². The van der Waals surface area contributed by atoms with E-state index in [-0.39, 0.29) is 21.4 Å². The number of ketones is 1. The van der Waals surface area contributed by atoms with Crippen LogP contribution in [0.3, 0.4) is 0 Å². The Morgan fingerprint density at radius 2 is 1.81 bits per heavy atom. The fourth-order valence-electron chi connectivity index (χ4n) is 1.93. The van der Waals surface area contributed by atoms with Crippen LogP contribution in [-0.2, 0) is 0 Å². The number of carbonyl (C=O) groups is 1. The summed E-state index contributed by atoms with van der Waals surface area (Å²) in [6.07, 6.45) is 0. The molecule has 0 aliphatic heterocycles. The summed E-state index contributed by atoms with van der Waals surface area (Å²) in [4.78, 5) is 12.7. The molecule has 0 saturated carbocycles. The molecule has 21 heavy (non-hydrogen) atoms. The molecule has 0 heterocycles. The van der Waals surface area contributed by atoms with E-state index < -0.39 is 0 Å². The Labute approximate surface area is 137 Å². The minimum Gasteiger partial charge on any atom is -0.491 e. The quantitative estimate of drug-likeness (QED) is 0.636. The van der Waals surface area contributed by atoms with Gasteiger partial charge in [-0.25, -0.2) is 0 Å². The maximum atomic E-state index is 12.7. The number of halogens is 3. The first-order valence-corrected chi connectivity index (χ1v) is 7.29. The topological polar surface area (TPSA) is 52.3 Å². The lowest BCUT2D eigenvalue weighted by molar-refractivity contribution is 0.103. The third-order valence-electron chi connectivity index (χ3n) is 2.81. The number of anilines is 1. The molecule has 0 unspecified atom stereocenters. The normalized spacial score (nSPS) is 10.5. The van der Waals surface area contributed by atoms with Crippen LogP contribution in [0.1, 0.15) is 22.8 Å². The second-order valence-electron chi connectivity index (χ2n) is 4.23. The lowest BCUT2D eigenvalue weighted by atomic mass is 10.0. The first-order chi connectivity index (χ1) is 9.95. The van der Waals surface area contributed by atoms with Crippen molar-refractivity contribution in [2.24, 2.45) is 0 Å². The molecular formula is C15H12Cl3NO2.